The number of nitrogens with zero attached hydrogens (tertiary/aromatic N) is 1. The summed E-state index contributed by atoms with van der Waals surface area (Å²) in [5.41, 5.74) is 17.0. The van der Waals surface area contributed by atoms with E-state index in [0.717, 1.165) is 0 Å². The molecule has 0 radical (unpaired) electrons. The lowest BCUT2D eigenvalue weighted by Gasteiger charge is -2.25. The summed E-state index contributed by atoms with van der Waals surface area (Å²) < 4.78 is 0. The van der Waals surface area contributed by atoms with Crippen molar-refractivity contribution in [3.05, 3.63) is 29.8 Å². The highest BCUT2D eigenvalue weighted by Gasteiger charge is 2.30. The number of aromatic hydroxyl groups is 1. The Labute approximate surface area is 221 Å². The van der Waals surface area contributed by atoms with Crippen molar-refractivity contribution in [1.29, 1.82) is 0 Å². The monoisotopic (exact) mass is 539 g/mol. The molecule has 0 spiro atoms. The number of aliphatic carboxylic acids is 1. The minimum absolute atomic E-state index is 0.0137. The van der Waals surface area contributed by atoms with Crippen molar-refractivity contribution < 1.29 is 29.4 Å². The smallest absolute Gasteiger partial charge is 0.326 e. The second-order valence-corrected chi connectivity index (χ2v) is 9.16. The Balaban J connectivity index is 3.04. The third-order valence-electron chi connectivity index (χ3n) is 5.41. The topological polar surface area (TPSA) is 235 Å². The molecule has 1 rings (SSSR count). The summed E-state index contributed by atoms with van der Waals surface area (Å²) in [6.07, 6.45) is 0.311. The SMILES string of the molecule is CC(C)C(N)C(=O)NC(CS)C(=O)NC(Cc1ccc(O)cc1)C(=O)NC(CCCN=C(N)N)C(=O)O. The first-order chi connectivity index (χ1) is 17.3. The number of rotatable bonds is 15. The molecule has 11 N–H and O–H groups in total. The second kappa shape index (κ2) is 15.6. The highest BCUT2D eigenvalue weighted by molar-refractivity contribution is 7.80. The molecule has 0 aliphatic heterocycles. The van der Waals surface area contributed by atoms with Crippen LogP contribution in [0, 0.1) is 5.92 Å². The largest absolute Gasteiger partial charge is 0.508 e. The van der Waals surface area contributed by atoms with Gasteiger partial charge in [-0.05, 0) is 36.5 Å². The van der Waals surface area contributed by atoms with Gasteiger partial charge in [-0.3, -0.25) is 19.4 Å². The summed E-state index contributed by atoms with van der Waals surface area (Å²) >= 11 is 4.13. The molecule has 4 unspecified atom stereocenters. The molecule has 206 valence electrons. The van der Waals surface area contributed by atoms with Gasteiger partial charge in [0.1, 0.15) is 23.9 Å². The zero-order valence-electron chi connectivity index (χ0n) is 20.9. The molecule has 4 atom stereocenters. The Bertz CT molecular complexity index is 953. The van der Waals surface area contributed by atoms with Gasteiger partial charge in [-0.2, -0.15) is 12.6 Å². The van der Waals surface area contributed by atoms with E-state index in [1.807, 2.05) is 0 Å². The molecule has 0 aromatic heterocycles. The summed E-state index contributed by atoms with van der Waals surface area (Å²) in [4.78, 5) is 53.9. The summed E-state index contributed by atoms with van der Waals surface area (Å²) in [6, 6.07) is 1.56. The predicted octanol–water partition coefficient (Wildman–Crippen LogP) is -1.56. The fraction of sp³-hybridized carbons (Fsp3) is 0.522. The van der Waals surface area contributed by atoms with Crippen LogP contribution in [0.1, 0.15) is 32.3 Å². The average Bonchev–Trinajstić information content (AvgIpc) is 2.83. The number of carbonyl (C=O) groups is 4. The van der Waals surface area contributed by atoms with Gasteiger partial charge >= 0.3 is 5.97 Å². The Hall–Kier alpha value is -3.52. The summed E-state index contributed by atoms with van der Waals surface area (Å²) in [5, 5.41) is 26.6. The molecule has 0 aliphatic rings. The number of carboxylic acids is 1. The van der Waals surface area contributed by atoms with Gasteiger partial charge < -0.3 is 43.4 Å². The van der Waals surface area contributed by atoms with Gasteiger partial charge in [0.25, 0.3) is 0 Å². The number of nitrogens with one attached hydrogen (secondary N) is 3. The molecule has 13 nitrogen and oxygen atoms in total. The number of phenols is 1. The van der Waals surface area contributed by atoms with Gasteiger partial charge in [-0.1, -0.05) is 26.0 Å². The van der Waals surface area contributed by atoms with E-state index in [-0.39, 0.29) is 49.2 Å². The lowest BCUT2D eigenvalue weighted by molar-refractivity contribution is -0.142. The third kappa shape index (κ3) is 11.4. The highest BCUT2D eigenvalue weighted by atomic mass is 32.1. The molecule has 0 saturated heterocycles. The first-order valence-corrected chi connectivity index (χ1v) is 12.3. The van der Waals surface area contributed by atoms with Crippen LogP contribution in [0.5, 0.6) is 5.75 Å². The van der Waals surface area contributed by atoms with E-state index in [2.05, 4.69) is 33.6 Å². The molecule has 1 aromatic rings. The van der Waals surface area contributed by atoms with Crippen LogP contribution < -0.4 is 33.2 Å². The van der Waals surface area contributed by atoms with Crippen molar-refractivity contribution in [2.75, 3.05) is 12.3 Å². The number of carboxylic acid groups (broad SMARTS) is 1. The first kappa shape index (κ1) is 31.5. The quantitative estimate of drug-likeness (QED) is 0.0541. The number of hydrogen-bond acceptors (Lipinski definition) is 8. The Morgan fingerprint density at radius 2 is 1.49 bits per heavy atom. The first-order valence-electron chi connectivity index (χ1n) is 11.7. The van der Waals surface area contributed by atoms with Crippen LogP contribution in [-0.2, 0) is 25.6 Å². The standard InChI is InChI=1S/C23H37N7O6S/c1-12(2)18(24)21(34)30-17(11-37)20(33)29-16(10-13-5-7-14(31)8-6-13)19(32)28-15(22(35)36)4-3-9-27-23(25)26/h5-8,12,15-18,31,37H,3-4,9-11,24H2,1-2H3,(H,28,32)(H,29,33)(H,30,34)(H,35,36)(H4,25,26,27). The maximum absolute atomic E-state index is 13.1. The van der Waals surface area contributed by atoms with Crippen molar-refractivity contribution in [1.82, 2.24) is 16.0 Å². The third-order valence-corrected chi connectivity index (χ3v) is 5.77. The number of benzene rings is 1. The maximum Gasteiger partial charge on any atom is 0.326 e. The summed E-state index contributed by atoms with van der Waals surface area (Å²) in [6.45, 7) is 3.69. The molecule has 3 amide bonds. The van der Waals surface area contributed by atoms with Crippen molar-refractivity contribution in [2.24, 2.45) is 28.1 Å². The lowest BCUT2D eigenvalue weighted by Crippen LogP contribution is -2.58. The fourth-order valence-electron chi connectivity index (χ4n) is 3.15. The molecule has 0 saturated carbocycles. The molecule has 1 aromatic carbocycles. The number of amides is 3. The Morgan fingerprint density at radius 3 is 2.00 bits per heavy atom. The van der Waals surface area contributed by atoms with Crippen molar-refractivity contribution in [2.45, 2.75) is 57.3 Å². The van der Waals surface area contributed by atoms with Gasteiger partial charge in [0.15, 0.2) is 5.96 Å². The molecule has 0 heterocycles. The van der Waals surface area contributed by atoms with Gasteiger partial charge in [-0.15, -0.1) is 0 Å². The minimum atomic E-state index is -1.27. The highest BCUT2D eigenvalue weighted by Crippen LogP contribution is 2.12. The van der Waals surface area contributed by atoms with E-state index in [1.54, 1.807) is 26.0 Å². The molecule has 14 heteroatoms. The van der Waals surface area contributed by atoms with Crippen molar-refractivity contribution >= 4 is 42.3 Å². The van der Waals surface area contributed by atoms with Gasteiger partial charge in [0.05, 0.1) is 6.04 Å². The number of hydrogen-bond donors (Lipinski definition) is 9. The van der Waals surface area contributed by atoms with Crippen LogP contribution in [0.25, 0.3) is 0 Å². The van der Waals surface area contributed by atoms with Crippen molar-refractivity contribution in [3.8, 4) is 5.75 Å². The molecule has 0 aliphatic carbocycles. The van der Waals surface area contributed by atoms with Crippen LogP contribution in [0.15, 0.2) is 29.3 Å². The van der Waals surface area contributed by atoms with E-state index in [0.29, 0.717) is 5.56 Å². The molecule has 37 heavy (non-hydrogen) atoms. The maximum atomic E-state index is 13.1. The zero-order chi connectivity index (χ0) is 28.1. The van der Waals surface area contributed by atoms with Gasteiger partial charge in [0.2, 0.25) is 17.7 Å². The number of carbonyl (C=O) groups excluding carboxylic acids is 3. The Morgan fingerprint density at radius 1 is 0.946 bits per heavy atom. The molecular formula is C23H37N7O6S. The van der Waals surface area contributed by atoms with Crippen LogP contribution >= 0.6 is 12.6 Å². The number of guanidine groups is 1. The fourth-order valence-corrected chi connectivity index (χ4v) is 3.40. The van der Waals surface area contributed by atoms with Crippen molar-refractivity contribution in [3.63, 3.8) is 0 Å². The lowest BCUT2D eigenvalue weighted by atomic mass is 10.0. The van der Waals surface area contributed by atoms with Crippen LogP contribution in [0.4, 0.5) is 0 Å². The van der Waals surface area contributed by atoms with E-state index in [9.17, 15) is 29.4 Å². The zero-order valence-corrected chi connectivity index (χ0v) is 21.8. The van der Waals surface area contributed by atoms with Gasteiger partial charge in [-0.25, -0.2) is 4.79 Å². The number of thiol groups is 1. The minimum Gasteiger partial charge on any atom is -0.508 e. The van der Waals surface area contributed by atoms with E-state index < -0.39 is 47.9 Å². The van der Waals surface area contributed by atoms with E-state index in [1.165, 1.54) is 12.1 Å². The van der Waals surface area contributed by atoms with Crippen LogP contribution in [-0.4, -0.2) is 76.3 Å². The van der Waals surface area contributed by atoms with Gasteiger partial charge in [0, 0.05) is 18.7 Å². The average molecular weight is 540 g/mol. The van der Waals surface area contributed by atoms with Crippen LogP contribution in [0.3, 0.4) is 0 Å². The second-order valence-electron chi connectivity index (χ2n) is 8.79. The summed E-state index contributed by atoms with van der Waals surface area (Å²) in [5.74, 6) is -3.62. The number of phenolic OH excluding ortho intramolecular Hbond substituents is 1. The molecule has 0 bridgehead atoms. The Kier molecular flexibility index (Phi) is 13.3. The molecule has 0 fully saturated rings. The normalized spacial score (nSPS) is 14.1. The van der Waals surface area contributed by atoms with Crippen LogP contribution in [0.2, 0.25) is 0 Å². The number of aliphatic imine (C=N–C) groups is 1. The van der Waals surface area contributed by atoms with E-state index in [4.69, 9.17) is 17.2 Å². The van der Waals surface area contributed by atoms with E-state index >= 15 is 0 Å². The molecular weight excluding hydrogens is 502 g/mol. The number of nitrogens with two attached hydrogens (primary N) is 3. The summed E-state index contributed by atoms with van der Waals surface area (Å²) in [7, 11) is 0. The predicted molar refractivity (Wildman–Crippen MR) is 142 cm³/mol.